The predicted octanol–water partition coefficient (Wildman–Crippen LogP) is 0.496. The van der Waals surface area contributed by atoms with E-state index >= 15 is 0 Å². The summed E-state index contributed by atoms with van der Waals surface area (Å²) in [5.74, 6) is 0.253. The first-order valence-corrected chi connectivity index (χ1v) is 5.69. The summed E-state index contributed by atoms with van der Waals surface area (Å²) in [5.41, 5.74) is -0.321. The summed E-state index contributed by atoms with van der Waals surface area (Å²) in [6.45, 7) is 6.64. The van der Waals surface area contributed by atoms with Crippen molar-refractivity contribution >= 4 is 5.91 Å². The summed E-state index contributed by atoms with van der Waals surface area (Å²) < 4.78 is 0. The summed E-state index contributed by atoms with van der Waals surface area (Å²) >= 11 is 0. The number of hydrogen-bond acceptors (Lipinski definition) is 3. The second kappa shape index (κ2) is 4.94. The molecule has 1 fully saturated rings. The van der Waals surface area contributed by atoms with E-state index in [0.717, 1.165) is 25.9 Å². The van der Waals surface area contributed by atoms with Gasteiger partial charge in [0.15, 0.2) is 0 Å². The summed E-state index contributed by atoms with van der Waals surface area (Å²) in [6, 6.07) is 0. The molecule has 4 nitrogen and oxygen atoms in total. The lowest BCUT2D eigenvalue weighted by molar-refractivity contribution is -0.132. The highest BCUT2D eigenvalue weighted by molar-refractivity contribution is 5.87. The van der Waals surface area contributed by atoms with E-state index in [0.29, 0.717) is 6.67 Å². The van der Waals surface area contributed by atoms with Gasteiger partial charge >= 0.3 is 0 Å². The van der Waals surface area contributed by atoms with Gasteiger partial charge in [0.25, 0.3) is 0 Å². The van der Waals surface area contributed by atoms with Crippen LogP contribution in [0.1, 0.15) is 26.7 Å². The molecule has 1 rings (SSSR count). The highest BCUT2D eigenvalue weighted by Gasteiger charge is 2.40. The van der Waals surface area contributed by atoms with Gasteiger partial charge in [-0.2, -0.15) is 0 Å². The molecule has 1 heterocycles. The second-order valence-corrected chi connectivity index (χ2v) is 4.75. The zero-order valence-electron chi connectivity index (χ0n) is 10.3. The zero-order valence-corrected chi connectivity index (χ0v) is 10.3. The van der Waals surface area contributed by atoms with Gasteiger partial charge in [0.1, 0.15) is 0 Å². The predicted molar refractivity (Wildman–Crippen MR) is 61.6 cm³/mol. The molecule has 1 aliphatic heterocycles. The van der Waals surface area contributed by atoms with Gasteiger partial charge in [-0.1, -0.05) is 6.92 Å². The molecule has 15 heavy (non-hydrogen) atoms. The Kier molecular flexibility index (Phi) is 4.11. The molecule has 0 aromatic carbocycles. The van der Waals surface area contributed by atoms with Crippen LogP contribution < -0.4 is 5.32 Å². The van der Waals surface area contributed by atoms with Gasteiger partial charge in [0.05, 0.1) is 12.2 Å². The topological polar surface area (TPSA) is 35.6 Å². The van der Waals surface area contributed by atoms with Gasteiger partial charge in [0, 0.05) is 6.54 Å². The second-order valence-electron chi connectivity index (χ2n) is 4.75. The first-order valence-electron chi connectivity index (χ1n) is 5.69. The summed E-state index contributed by atoms with van der Waals surface area (Å²) in [7, 11) is 4.11. The van der Waals surface area contributed by atoms with Crippen molar-refractivity contribution in [1.82, 2.24) is 15.1 Å². The SMILES string of the molecule is CCC1(C)NCN(CCCN(C)C)C1=O. The molecule has 0 aliphatic carbocycles. The first kappa shape index (κ1) is 12.5. The minimum atomic E-state index is -0.321. The molecule has 0 saturated carbocycles. The minimum Gasteiger partial charge on any atom is -0.328 e. The van der Waals surface area contributed by atoms with Crippen LogP contribution in [0.4, 0.5) is 0 Å². The maximum Gasteiger partial charge on any atom is 0.243 e. The van der Waals surface area contributed by atoms with Gasteiger partial charge in [-0.3, -0.25) is 10.1 Å². The number of nitrogens with zero attached hydrogens (tertiary/aromatic N) is 2. The maximum atomic E-state index is 12.0. The van der Waals surface area contributed by atoms with E-state index in [1.54, 1.807) is 0 Å². The maximum absolute atomic E-state index is 12.0. The third-order valence-electron chi connectivity index (χ3n) is 3.16. The molecule has 0 spiro atoms. The number of carbonyl (C=O) groups excluding carboxylic acids is 1. The van der Waals surface area contributed by atoms with Crippen LogP contribution in [-0.4, -0.2) is 55.1 Å². The Balaban J connectivity index is 2.37. The van der Waals surface area contributed by atoms with Crippen molar-refractivity contribution in [1.29, 1.82) is 0 Å². The normalized spacial score (nSPS) is 26.7. The van der Waals surface area contributed by atoms with Crippen molar-refractivity contribution in [2.45, 2.75) is 32.2 Å². The lowest BCUT2D eigenvalue weighted by Crippen LogP contribution is -2.43. The van der Waals surface area contributed by atoms with Crippen LogP contribution in [0, 0.1) is 0 Å². The van der Waals surface area contributed by atoms with E-state index in [-0.39, 0.29) is 11.4 Å². The Morgan fingerprint density at radius 1 is 1.53 bits per heavy atom. The molecular formula is C11H23N3O. The van der Waals surface area contributed by atoms with Gasteiger partial charge in [0.2, 0.25) is 5.91 Å². The van der Waals surface area contributed by atoms with E-state index in [2.05, 4.69) is 24.3 Å². The average molecular weight is 213 g/mol. The molecule has 1 unspecified atom stereocenters. The lowest BCUT2D eigenvalue weighted by atomic mass is 9.99. The van der Waals surface area contributed by atoms with E-state index in [1.807, 2.05) is 18.7 Å². The fourth-order valence-corrected chi connectivity index (χ4v) is 1.80. The van der Waals surface area contributed by atoms with Crippen LogP contribution in [0.25, 0.3) is 0 Å². The lowest BCUT2D eigenvalue weighted by Gasteiger charge is -2.21. The number of hydrogen-bond donors (Lipinski definition) is 1. The largest absolute Gasteiger partial charge is 0.328 e. The quantitative estimate of drug-likeness (QED) is 0.722. The standard InChI is InChI=1S/C11H23N3O/c1-5-11(2)10(15)14(9-12-11)8-6-7-13(3)4/h12H,5-9H2,1-4H3. The van der Waals surface area contributed by atoms with Crippen LogP contribution in [0.5, 0.6) is 0 Å². The van der Waals surface area contributed by atoms with Crippen molar-refractivity contribution in [3.8, 4) is 0 Å². The molecule has 0 aromatic rings. The Morgan fingerprint density at radius 2 is 2.20 bits per heavy atom. The minimum absolute atomic E-state index is 0.253. The highest BCUT2D eigenvalue weighted by Crippen LogP contribution is 2.18. The molecule has 0 radical (unpaired) electrons. The van der Waals surface area contributed by atoms with Crippen molar-refractivity contribution in [3.63, 3.8) is 0 Å². The van der Waals surface area contributed by atoms with Crippen molar-refractivity contribution in [2.24, 2.45) is 0 Å². The molecule has 4 heteroatoms. The molecule has 88 valence electrons. The fraction of sp³-hybridized carbons (Fsp3) is 0.909. The molecule has 1 N–H and O–H groups in total. The molecule has 1 aliphatic rings. The molecule has 0 bridgehead atoms. The number of rotatable bonds is 5. The van der Waals surface area contributed by atoms with E-state index in [9.17, 15) is 4.79 Å². The van der Waals surface area contributed by atoms with Crippen LogP contribution in [0.2, 0.25) is 0 Å². The molecule has 1 amide bonds. The van der Waals surface area contributed by atoms with E-state index in [4.69, 9.17) is 0 Å². The third-order valence-corrected chi connectivity index (χ3v) is 3.16. The van der Waals surface area contributed by atoms with Crippen LogP contribution in [0.15, 0.2) is 0 Å². The third kappa shape index (κ3) is 2.92. The molecule has 0 aromatic heterocycles. The summed E-state index contributed by atoms with van der Waals surface area (Å²) in [5, 5.41) is 3.28. The zero-order chi connectivity index (χ0) is 11.5. The Hall–Kier alpha value is -0.610. The highest BCUT2D eigenvalue weighted by atomic mass is 16.2. The monoisotopic (exact) mass is 213 g/mol. The summed E-state index contributed by atoms with van der Waals surface area (Å²) in [4.78, 5) is 16.1. The Labute approximate surface area is 92.6 Å². The van der Waals surface area contributed by atoms with Gasteiger partial charge in [-0.05, 0) is 40.4 Å². The van der Waals surface area contributed by atoms with Crippen LogP contribution in [0.3, 0.4) is 0 Å². The Bertz CT molecular complexity index is 230. The molecule has 1 saturated heterocycles. The Morgan fingerprint density at radius 3 is 2.67 bits per heavy atom. The average Bonchev–Trinajstić information content (AvgIpc) is 2.46. The number of amides is 1. The van der Waals surface area contributed by atoms with Crippen molar-refractivity contribution in [2.75, 3.05) is 33.9 Å². The van der Waals surface area contributed by atoms with Gasteiger partial charge in [-0.25, -0.2) is 0 Å². The van der Waals surface area contributed by atoms with E-state index < -0.39 is 0 Å². The van der Waals surface area contributed by atoms with Gasteiger partial charge < -0.3 is 9.80 Å². The van der Waals surface area contributed by atoms with Crippen LogP contribution in [-0.2, 0) is 4.79 Å². The molecular weight excluding hydrogens is 190 g/mol. The summed E-state index contributed by atoms with van der Waals surface area (Å²) in [6.07, 6.45) is 1.90. The smallest absolute Gasteiger partial charge is 0.243 e. The van der Waals surface area contributed by atoms with Crippen LogP contribution >= 0.6 is 0 Å². The van der Waals surface area contributed by atoms with Crippen molar-refractivity contribution in [3.05, 3.63) is 0 Å². The van der Waals surface area contributed by atoms with E-state index in [1.165, 1.54) is 0 Å². The van der Waals surface area contributed by atoms with Gasteiger partial charge in [-0.15, -0.1) is 0 Å². The number of nitrogens with one attached hydrogen (secondary N) is 1. The molecule has 1 atom stereocenters. The first-order chi connectivity index (χ1) is 6.99. The number of carbonyl (C=O) groups is 1. The fourth-order valence-electron chi connectivity index (χ4n) is 1.80. The van der Waals surface area contributed by atoms with Crippen molar-refractivity contribution < 1.29 is 4.79 Å².